The van der Waals surface area contributed by atoms with Gasteiger partial charge in [-0.3, -0.25) is 4.90 Å². The zero-order valence-electron chi connectivity index (χ0n) is 27.2. The van der Waals surface area contributed by atoms with Crippen LogP contribution in [0.4, 0.5) is 5.69 Å². The van der Waals surface area contributed by atoms with Crippen molar-refractivity contribution in [2.75, 3.05) is 50.7 Å². The Hall–Kier alpha value is -1.84. The molecule has 3 unspecified atom stereocenters. The predicted octanol–water partition coefficient (Wildman–Crippen LogP) is 9.11. The third kappa shape index (κ3) is 10.2. The van der Waals surface area contributed by atoms with E-state index in [0.29, 0.717) is 12.0 Å². The van der Waals surface area contributed by atoms with Crippen molar-refractivity contribution < 1.29 is 0 Å². The number of piperidine rings is 1. The molecular formula is C37H63N3. The molecule has 0 aliphatic carbocycles. The zero-order chi connectivity index (χ0) is 29.3. The van der Waals surface area contributed by atoms with Crippen LogP contribution in [0.2, 0.25) is 0 Å². The predicted molar refractivity (Wildman–Crippen MR) is 180 cm³/mol. The summed E-state index contributed by atoms with van der Waals surface area (Å²) in [5, 5.41) is 0. The lowest BCUT2D eigenvalue weighted by Crippen LogP contribution is -2.45. The maximum Gasteiger partial charge on any atom is 0.0405 e. The van der Waals surface area contributed by atoms with E-state index in [-0.39, 0.29) is 0 Å². The van der Waals surface area contributed by atoms with Gasteiger partial charge in [0, 0.05) is 56.9 Å². The summed E-state index contributed by atoms with van der Waals surface area (Å²) in [4.78, 5) is 8.15. The minimum Gasteiger partial charge on any atom is -0.369 e. The second kappa shape index (κ2) is 19.3. The van der Waals surface area contributed by atoms with E-state index in [0.717, 1.165) is 38.0 Å². The Bertz CT molecular complexity index is 868. The third-order valence-corrected chi connectivity index (χ3v) is 9.11. The Balaban J connectivity index is 0.00000274. The normalized spacial score (nSPS) is 22.7. The maximum atomic E-state index is 4.33. The summed E-state index contributed by atoms with van der Waals surface area (Å²) in [6.45, 7) is 29.7. The Morgan fingerprint density at radius 2 is 1.73 bits per heavy atom. The summed E-state index contributed by atoms with van der Waals surface area (Å²) in [6, 6.07) is 7.46. The van der Waals surface area contributed by atoms with Crippen LogP contribution in [0.5, 0.6) is 0 Å². The summed E-state index contributed by atoms with van der Waals surface area (Å²) >= 11 is 0. The first-order valence-electron chi connectivity index (χ1n) is 16.8. The van der Waals surface area contributed by atoms with Gasteiger partial charge in [0.15, 0.2) is 0 Å². The molecule has 0 saturated carbocycles. The van der Waals surface area contributed by atoms with Crippen LogP contribution >= 0.6 is 0 Å². The van der Waals surface area contributed by atoms with E-state index in [1.807, 2.05) is 19.9 Å². The number of hydrogen-bond donors (Lipinski definition) is 0. The van der Waals surface area contributed by atoms with Gasteiger partial charge in [-0.25, -0.2) is 0 Å². The van der Waals surface area contributed by atoms with E-state index in [2.05, 4.69) is 92.0 Å². The molecule has 1 aromatic carbocycles. The Kier molecular flexibility index (Phi) is 16.6. The molecule has 0 aromatic heterocycles. The van der Waals surface area contributed by atoms with Crippen LogP contribution in [0.3, 0.4) is 0 Å². The Morgan fingerprint density at radius 3 is 2.35 bits per heavy atom. The van der Waals surface area contributed by atoms with Crippen molar-refractivity contribution in [2.24, 2.45) is 17.8 Å². The first-order valence-corrected chi connectivity index (χ1v) is 16.8. The highest BCUT2D eigenvalue weighted by atomic mass is 15.3. The van der Waals surface area contributed by atoms with Gasteiger partial charge in [0.05, 0.1) is 0 Å². The fourth-order valence-corrected chi connectivity index (χ4v) is 6.89. The number of nitrogens with zero attached hydrogens (tertiary/aromatic N) is 3. The van der Waals surface area contributed by atoms with Crippen molar-refractivity contribution >= 4 is 11.8 Å². The first-order chi connectivity index (χ1) is 19.6. The molecule has 40 heavy (non-hydrogen) atoms. The van der Waals surface area contributed by atoms with E-state index in [1.54, 1.807) is 0 Å². The molecule has 0 bridgehead atoms. The third-order valence-electron chi connectivity index (χ3n) is 9.11. The topological polar surface area (TPSA) is 9.72 Å². The molecule has 2 fully saturated rings. The molecule has 0 amide bonds. The highest BCUT2D eigenvalue weighted by Gasteiger charge is 2.31. The largest absolute Gasteiger partial charge is 0.369 e. The van der Waals surface area contributed by atoms with E-state index in [1.165, 1.54) is 87.8 Å². The van der Waals surface area contributed by atoms with Crippen LogP contribution in [0.15, 0.2) is 49.6 Å². The molecule has 0 radical (unpaired) electrons. The van der Waals surface area contributed by atoms with Crippen molar-refractivity contribution in [1.82, 2.24) is 9.80 Å². The van der Waals surface area contributed by atoms with Gasteiger partial charge in [-0.1, -0.05) is 110 Å². The van der Waals surface area contributed by atoms with Gasteiger partial charge in [-0.15, -0.1) is 6.58 Å². The van der Waals surface area contributed by atoms with E-state index in [4.69, 9.17) is 0 Å². The van der Waals surface area contributed by atoms with Crippen LogP contribution < -0.4 is 4.90 Å². The smallest absolute Gasteiger partial charge is 0.0405 e. The second-order valence-electron chi connectivity index (χ2n) is 11.9. The van der Waals surface area contributed by atoms with Crippen molar-refractivity contribution in [3.8, 4) is 0 Å². The minimum absolute atomic E-state index is 0.403. The second-order valence-corrected chi connectivity index (χ2v) is 11.9. The average Bonchev–Trinajstić information content (AvgIpc) is 3.17. The fraction of sp³-hybridized carbons (Fsp3) is 0.676. The van der Waals surface area contributed by atoms with E-state index >= 15 is 0 Å². The molecule has 0 spiro atoms. The van der Waals surface area contributed by atoms with Gasteiger partial charge in [-0.2, -0.15) is 0 Å². The van der Waals surface area contributed by atoms with Crippen LogP contribution in [0.25, 0.3) is 6.08 Å². The number of likely N-dealkylation sites (tertiary alicyclic amines) is 1. The van der Waals surface area contributed by atoms with Crippen LogP contribution in [0, 0.1) is 17.8 Å². The molecule has 3 nitrogen and oxygen atoms in total. The number of anilines is 1. The summed E-state index contributed by atoms with van der Waals surface area (Å²) in [6.07, 6.45) is 19.3. The molecule has 226 valence electrons. The molecule has 2 aliphatic rings. The zero-order valence-corrected chi connectivity index (χ0v) is 27.2. The van der Waals surface area contributed by atoms with Crippen LogP contribution in [-0.2, 0) is 6.42 Å². The SMILES string of the molecule is C=Cc1ccc(CC(CCC)CCC)c(N2CCN(CCN3CCCC(CC)C3)C(/C=C/C)C(C=C)C2)c1.CC. The average molecular weight is 550 g/mol. The van der Waals surface area contributed by atoms with E-state index in [9.17, 15) is 0 Å². The lowest BCUT2D eigenvalue weighted by Gasteiger charge is -2.36. The molecule has 3 rings (SSSR count). The number of allylic oxidation sites excluding steroid dienone is 1. The lowest BCUT2D eigenvalue weighted by atomic mass is 9.89. The summed E-state index contributed by atoms with van der Waals surface area (Å²) in [5.74, 6) is 2.06. The highest BCUT2D eigenvalue weighted by molar-refractivity contribution is 5.62. The van der Waals surface area contributed by atoms with Crippen molar-refractivity contribution in [1.29, 1.82) is 0 Å². The first kappa shape index (κ1) is 34.4. The minimum atomic E-state index is 0.403. The van der Waals surface area contributed by atoms with Crippen LogP contribution in [0.1, 0.15) is 97.6 Å². The molecular weight excluding hydrogens is 486 g/mol. The quantitative estimate of drug-likeness (QED) is 0.214. The Morgan fingerprint density at radius 1 is 0.975 bits per heavy atom. The summed E-state index contributed by atoms with van der Waals surface area (Å²) < 4.78 is 0. The molecule has 1 aromatic rings. The van der Waals surface area contributed by atoms with Gasteiger partial charge in [0.1, 0.15) is 0 Å². The molecule has 2 saturated heterocycles. The summed E-state index contributed by atoms with van der Waals surface area (Å²) in [5.41, 5.74) is 4.16. The van der Waals surface area contributed by atoms with Crippen LogP contribution in [-0.4, -0.2) is 61.7 Å². The van der Waals surface area contributed by atoms with Gasteiger partial charge in [0.2, 0.25) is 0 Å². The van der Waals surface area contributed by atoms with E-state index < -0.39 is 0 Å². The summed E-state index contributed by atoms with van der Waals surface area (Å²) in [7, 11) is 0. The van der Waals surface area contributed by atoms with Gasteiger partial charge in [0.25, 0.3) is 0 Å². The highest BCUT2D eigenvalue weighted by Crippen LogP contribution is 2.32. The van der Waals surface area contributed by atoms with Crippen molar-refractivity contribution in [3.05, 3.63) is 60.7 Å². The molecule has 2 aliphatic heterocycles. The monoisotopic (exact) mass is 550 g/mol. The maximum absolute atomic E-state index is 4.33. The standard InChI is InChI=1S/C35H57N3.C2H6/c1-7-14-31(15-8-2)25-33-19-18-29(10-4)26-35(33)38-24-23-37(34(16-9-3)32(12-6)28-38)22-21-36-20-13-17-30(11-5)27-36;1-2/h9-10,12,16,18-19,26,30-32,34H,4,6-8,11,13-15,17,20-25,27-28H2,1-3,5H3;1-2H3/b16-9+;. The van der Waals surface area contributed by atoms with Crippen molar-refractivity contribution in [3.63, 3.8) is 0 Å². The number of rotatable bonds is 14. The molecule has 3 atom stereocenters. The number of hydrogen-bond acceptors (Lipinski definition) is 3. The fourth-order valence-electron chi connectivity index (χ4n) is 6.89. The lowest BCUT2D eigenvalue weighted by molar-refractivity contribution is 0.133. The molecule has 2 heterocycles. The molecule has 3 heteroatoms. The number of benzene rings is 1. The van der Waals surface area contributed by atoms with Gasteiger partial charge >= 0.3 is 0 Å². The molecule has 0 N–H and O–H groups in total. The van der Waals surface area contributed by atoms with Crippen molar-refractivity contribution in [2.45, 2.75) is 99.0 Å². The Labute approximate surface area is 249 Å². The van der Waals surface area contributed by atoms with Gasteiger partial charge in [-0.05, 0) is 61.8 Å². The van der Waals surface area contributed by atoms with Gasteiger partial charge < -0.3 is 9.80 Å².